The lowest BCUT2D eigenvalue weighted by Crippen LogP contribution is -2.32. The summed E-state index contributed by atoms with van der Waals surface area (Å²) in [7, 11) is 0. The Morgan fingerprint density at radius 3 is 2.27 bits per heavy atom. The molecule has 168 valence electrons. The lowest BCUT2D eigenvalue weighted by atomic mass is 10.1. The van der Waals surface area contributed by atoms with Gasteiger partial charge in [0.05, 0.1) is 18.0 Å². The van der Waals surface area contributed by atoms with Crippen molar-refractivity contribution >= 4 is 46.6 Å². The number of halogens is 1. The quantitative estimate of drug-likeness (QED) is 0.385. The van der Waals surface area contributed by atoms with Gasteiger partial charge in [-0.25, -0.2) is 4.90 Å². The Morgan fingerprint density at radius 2 is 1.61 bits per heavy atom. The standard InChI is InChI=1S/C26H23ClN2O3S/c1-3-17-9-13-19(14-10-17)29-25(30)23(28-21-7-5-6-8-22(21)32-4-2)24(26(29)31)33-20-15-11-18(27)12-16-20/h5-16,28H,3-4H2,1-2H3. The van der Waals surface area contributed by atoms with Crippen molar-refractivity contribution in [1.29, 1.82) is 0 Å². The van der Waals surface area contributed by atoms with Gasteiger partial charge < -0.3 is 10.1 Å². The number of rotatable bonds is 8. The molecule has 0 unspecified atom stereocenters. The number of para-hydroxylation sites is 2. The molecule has 0 radical (unpaired) electrons. The van der Waals surface area contributed by atoms with Gasteiger partial charge in [0.2, 0.25) is 0 Å². The number of hydrogen-bond acceptors (Lipinski definition) is 5. The third kappa shape index (κ3) is 4.92. The fraction of sp³-hybridized carbons (Fsp3) is 0.154. The summed E-state index contributed by atoms with van der Waals surface area (Å²) in [4.78, 5) is 29.3. The molecule has 1 aliphatic rings. The van der Waals surface area contributed by atoms with Crippen LogP contribution in [0.2, 0.25) is 5.02 Å². The van der Waals surface area contributed by atoms with E-state index in [0.717, 1.165) is 16.9 Å². The fourth-order valence-corrected chi connectivity index (χ4v) is 4.49. The van der Waals surface area contributed by atoms with Gasteiger partial charge in [-0.2, -0.15) is 0 Å². The Kier molecular flexibility index (Phi) is 7.06. The van der Waals surface area contributed by atoms with Gasteiger partial charge in [0, 0.05) is 9.92 Å². The highest BCUT2D eigenvalue weighted by Crippen LogP contribution is 2.39. The van der Waals surface area contributed by atoms with Crippen molar-refractivity contribution in [3.8, 4) is 5.75 Å². The molecule has 1 heterocycles. The van der Waals surface area contributed by atoms with Gasteiger partial charge in [-0.3, -0.25) is 9.59 Å². The molecule has 0 saturated heterocycles. The minimum absolute atomic E-state index is 0.215. The molecule has 5 nitrogen and oxygen atoms in total. The van der Waals surface area contributed by atoms with Gasteiger partial charge in [0.1, 0.15) is 16.4 Å². The van der Waals surface area contributed by atoms with E-state index in [-0.39, 0.29) is 11.6 Å². The van der Waals surface area contributed by atoms with E-state index in [1.165, 1.54) is 16.7 Å². The summed E-state index contributed by atoms with van der Waals surface area (Å²) < 4.78 is 5.70. The summed E-state index contributed by atoms with van der Waals surface area (Å²) in [6, 6.07) is 22.0. The van der Waals surface area contributed by atoms with Crippen LogP contribution in [-0.4, -0.2) is 18.4 Å². The molecule has 4 rings (SSSR count). The molecule has 0 aliphatic carbocycles. The Morgan fingerprint density at radius 1 is 0.909 bits per heavy atom. The first kappa shape index (κ1) is 23.0. The maximum absolute atomic E-state index is 13.5. The van der Waals surface area contributed by atoms with Crippen LogP contribution in [0.1, 0.15) is 19.4 Å². The van der Waals surface area contributed by atoms with Crippen LogP contribution in [0.15, 0.2) is 88.3 Å². The molecular weight excluding hydrogens is 456 g/mol. The van der Waals surface area contributed by atoms with E-state index < -0.39 is 5.91 Å². The Balaban J connectivity index is 1.74. The first-order chi connectivity index (χ1) is 16.0. The van der Waals surface area contributed by atoms with E-state index in [0.29, 0.717) is 33.7 Å². The van der Waals surface area contributed by atoms with E-state index in [4.69, 9.17) is 16.3 Å². The summed E-state index contributed by atoms with van der Waals surface area (Å²) in [6.45, 7) is 4.43. The molecule has 2 amide bonds. The van der Waals surface area contributed by atoms with Gasteiger partial charge in [-0.15, -0.1) is 0 Å². The summed E-state index contributed by atoms with van der Waals surface area (Å²) in [5.74, 6) is -0.179. The lowest BCUT2D eigenvalue weighted by Gasteiger charge is -2.16. The lowest BCUT2D eigenvalue weighted by molar-refractivity contribution is -0.120. The summed E-state index contributed by atoms with van der Waals surface area (Å²) in [5, 5.41) is 3.77. The molecule has 0 saturated carbocycles. The first-order valence-electron chi connectivity index (χ1n) is 10.7. The van der Waals surface area contributed by atoms with Crippen molar-refractivity contribution in [2.75, 3.05) is 16.8 Å². The monoisotopic (exact) mass is 478 g/mol. The van der Waals surface area contributed by atoms with Crippen LogP contribution in [0.3, 0.4) is 0 Å². The van der Waals surface area contributed by atoms with Gasteiger partial charge in [-0.1, -0.05) is 54.6 Å². The molecule has 7 heteroatoms. The molecule has 0 atom stereocenters. The van der Waals surface area contributed by atoms with Crippen molar-refractivity contribution in [3.05, 3.63) is 94.0 Å². The van der Waals surface area contributed by atoms with Gasteiger partial charge in [-0.05, 0) is 67.4 Å². The number of imide groups is 1. The number of aryl methyl sites for hydroxylation is 1. The molecule has 3 aromatic rings. The van der Waals surface area contributed by atoms with E-state index in [9.17, 15) is 9.59 Å². The topological polar surface area (TPSA) is 58.6 Å². The largest absolute Gasteiger partial charge is 0.492 e. The molecule has 0 bridgehead atoms. The second kappa shape index (κ2) is 10.1. The second-order valence-electron chi connectivity index (χ2n) is 7.28. The number of ether oxygens (including phenoxy) is 1. The number of carbonyl (C=O) groups is 2. The molecule has 1 aliphatic heterocycles. The molecule has 0 fully saturated rings. The minimum Gasteiger partial charge on any atom is -0.492 e. The highest BCUT2D eigenvalue weighted by Gasteiger charge is 2.40. The van der Waals surface area contributed by atoms with Gasteiger partial charge in [0.15, 0.2) is 0 Å². The molecule has 33 heavy (non-hydrogen) atoms. The van der Waals surface area contributed by atoms with Crippen LogP contribution in [0, 0.1) is 0 Å². The smallest absolute Gasteiger partial charge is 0.283 e. The SMILES string of the molecule is CCOc1ccccc1NC1=C(Sc2ccc(Cl)cc2)C(=O)N(c2ccc(CC)cc2)C1=O. The Labute approximate surface area is 202 Å². The predicted octanol–water partition coefficient (Wildman–Crippen LogP) is 6.29. The van der Waals surface area contributed by atoms with Crippen LogP contribution in [-0.2, 0) is 16.0 Å². The van der Waals surface area contributed by atoms with Gasteiger partial charge >= 0.3 is 0 Å². The maximum Gasteiger partial charge on any atom is 0.283 e. The number of thioether (sulfide) groups is 1. The second-order valence-corrected chi connectivity index (χ2v) is 8.80. The molecule has 0 spiro atoms. The van der Waals surface area contributed by atoms with Gasteiger partial charge in [0.25, 0.3) is 11.8 Å². The van der Waals surface area contributed by atoms with Crippen LogP contribution < -0.4 is 15.0 Å². The van der Waals surface area contributed by atoms with Crippen LogP contribution in [0.5, 0.6) is 5.75 Å². The van der Waals surface area contributed by atoms with Crippen molar-refractivity contribution in [1.82, 2.24) is 0 Å². The highest BCUT2D eigenvalue weighted by atomic mass is 35.5. The Hall–Kier alpha value is -3.22. The van der Waals surface area contributed by atoms with Crippen LogP contribution in [0.4, 0.5) is 11.4 Å². The third-order valence-corrected chi connectivity index (χ3v) is 6.47. The number of benzene rings is 3. The molecular formula is C26H23ClN2O3S. The number of amides is 2. The number of carbonyl (C=O) groups excluding carboxylic acids is 2. The summed E-state index contributed by atoms with van der Waals surface area (Å²) in [6.07, 6.45) is 0.874. The highest BCUT2D eigenvalue weighted by molar-refractivity contribution is 8.04. The fourth-order valence-electron chi connectivity index (χ4n) is 3.44. The third-order valence-electron chi connectivity index (χ3n) is 5.12. The molecule has 0 aromatic heterocycles. The molecule has 1 N–H and O–H groups in total. The Bertz CT molecular complexity index is 1210. The number of nitrogens with one attached hydrogen (secondary N) is 1. The van der Waals surface area contributed by atoms with E-state index in [1.807, 2.05) is 55.5 Å². The zero-order chi connectivity index (χ0) is 23.4. The number of nitrogens with zero attached hydrogens (tertiary/aromatic N) is 1. The number of anilines is 2. The maximum atomic E-state index is 13.5. The number of hydrogen-bond donors (Lipinski definition) is 1. The van der Waals surface area contributed by atoms with Crippen molar-refractivity contribution < 1.29 is 14.3 Å². The molecule has 3 aromatic carbocycles. The van der Waals surface area contributed by atoms with E-state index in [1.54, 1.807) is 24.3 Å². The zero-order valence-electron chi connectivity index (χ0n) is 18.3. The zero-order valence-corrected chi connectivity index (χ0v) is 19.9. The first-order valence-corrected chi connectivity index (χ1v) is 11.9. The van der Waals surface area contributed by atoms with E-state index in [2.05, 4.69) is 12.2 Å². The normalized spacial score (nSPS) is 13.6. The predicted molar refractivity (Wildman–Crippen MR) is 134 cm³/mol. The summed E-state index contributed by atoms with van der Waals surface area (Å²) >= 11 is 7.24. The van der Waals surface area contributed by atoms with E-state index >= 15 is 0 Å². The van der Waals surface area contributed by atoms with Crippen molar-refractivity contribution in [2.24, 2.45) is 0 Å². The minimum atomic E-state index is -0.410. The summed E-state index contributed by atoms with van der Waals surface area (Å²) in [5.41, 5.74) is 2.50. The average molecular weight is 479 g/mol. The van der Waals surface area contributed by atoms with Crippen molar-refractivity contribution in [3.63, 3.8) is 0 Å². The van der Waals surface area contributed by atoms with Crippen LogP contribution in [0.25, 0.3) is 0 Å². The average Bonchev–Trinajstić information content (AvgIpc) is 3.06. The van der Waals surface area contributed by atoms with Crippen molar-refractivity contribution in [2.45, 2.75) is 25.2 Å². The van der Waals surface area contributed by atoms with Crippen LogP contribution >= 0.6 is 23.4 Å².